The minimum absolute atomic E-state index is 0.0651. The van der Waals surface area contributed by atoms with Gasteiger partial charge in [0.25, 0.3) is 5.91 Å². The molecule has 28 heavy (non-hydrogen) atoms. The van der Waals surface area contributed by atoms with Crippen LogP contribution < -0.4 is 9.64 Å². The van der Waals surface area contributed by atoms with Crippen molar-refractivity contribution < 1.29 is 9.53 Å². The van der Waals surface area contributed by atoms with Crippen LogP contribution in [0.4, 0.5) is 5.69 Å². The zero-order chi connectivity index (χ0) is 19.3. The molecule has 0 aliphatic carbocycles. The molecule has 0 spiro atoms. The van der Waals surface area contributed by atoms with E-state index in [1.54, 1.807) is 12.4 Å². The van der Waals surface area contributed by atoms with E-state index in [9.17, 15) is 4.79 Å². The molecule has 0 N–H and O–H groups in total. The third-order valence-corrected chi connectivity index (χ3v) is 5.84. The van der Waals surface area contributed by atoms with Gasteiger partial charge in [0, 0.05) is 38.1 Å². The minimum atomic E-state index is 0.0651. The zero-order valence-electron chi connectivity index (χ0n) is 15.7. The number of carbonyl (C=O) groups is 1. The SMILES string of the molecule is Cc1nc(COc2cccnc2)sc1C(=O)N1CCN(c2ccccc2)CC1. The molecule has 1 fully saturated rings. The predicted octanol–water partition coefficient (Wildman–Crippen LogP) is 3.39. The van der Waals surface area contributed by atoms with Crippen molar-refractivity contribution in [3.05, 3.63) is 70.4 Å². The van der Waals surface area contributed by atoms with Crippen molar-refractivity contribution in [3.8, 4) is 5.75 Å². The Morgan fingerprint density at radius 3 is 2.61 bits per heavy atom. The molecule has 1 aliphatic rings. The number of nitrogens with zero attached hydrogens (tertiary/aromatic N) is 4. The summed E-state index contributed by atoms with van der Waals surface area (Å²) in [5.74, 6) is 0.760. The van der Waals surface area contributed by atoms with E-state index in [-0.39, 0.29) is 5.91 Å². The Hall–Kier alpha value is -2.93. The lowest BCUT2D eigenvalue weighted by molar-refractivity contribution is 0.0750. The first-order valence-corrected chi connectivity index (χ1v) is 10.1. The number of para-hydroxylation sites is 1. The number of amides is 1. The van der Waals surface area contributed by atoms with Crippen molar-refractivity contribution in [2.75, 3.05) is 31.1 Å². The number of anilines is 1. The van der Waals surface area contributed by atoms with E-state index in [2.05, 4.69) is 27.0 Å². The van der Waals surface area contributed by atoms with E-state index >= 15 is 0 Å². The minimum Gasteiger partial charge on any atom is -0.485 e. The Labute approximate surface area is 168 Å². The van der Waals surface area contributed by atoms with Crippen molar-refractivity contribution in [3.63, 3.8) is 0 Å². The first-order chi connectivity index (χ1) is 13.7. The van der Waals surface area contributed by atoms with Crippen LogP contribution in [0.15, 0.2) is 54.9 Å². The van der Waals surface area contributed by atoms with Gasteiger partial charge in [0.1, 0.15) is 22.2 Å². The molecule has 3 aromatic rings. The lowest BCUT2D eigenvalue weighted by Crippen LogP contribution is -2.48. The monoisotopic (exact) mass is 394 g/mol. The maximum Gasteiger partial charge on any atom is 0.265 e. The first-order valence-electron chi connectivity index (χ1n) is 9.29. The summed E-state index contributed by atoms with van der Waals surface area (Å²) in [6.45, 7) is 5.33. The molecule has 1 aromatic carbocycles. The zero-order valence-corrected chi connectivity index (χ0v) is 16.6. The highest BCUT2D eigenvalue weighted by molar-refractivity contribution is 7.13. The van der Waals surface area contributed by atoms with E-state index in [4.69, 9.17) is 4.74 Å². The van der Waals surface area contributed by atoms with E-state index in [1.807, 2.05) is 42.2 Å². The first kappa shape index (κ1) is 18.4. The van der Waals surface area contributed by atoms with Crippen molar-refractivity contribution in [1.82, 2.24) is 14.9 Å². The quantitative estimate of drug-likeness (QED) is 0.664. The Balaban J connectivity index is 1.37. The summed E-state index contributed by atoms with van der Waals surface area (Å²) in [4.78, 5) is 26.5. The normalized spacial score (nSPS) is 14.2. The fourth-order valence-electron chi connectivity index (χ4n) is 3.24. The lowest BCUT2D eigenvalue weighted by Gasteiger charge is -2.36. The fraction of sp³-hybridized carbons (Fsp3) is 0.286. The number of rotatable bonds is 5. The molecule has 0 bridgehead atoms. The third-order valence-electron chi connectivity index (χ3n) is 4.72. The van der Waals surface area contributed by atoms with Crippen LogP contribution >= 0.6 is 11.3 Å². The van der Waals surface area contributed by atoms with Gasteiger partial charge >= 0.3 is 0 Å². The third kappa shape index (κ3) is 4.14. The molecule has 1 saturated heterocycles. The Morgan fingerprint density at radius 1 is 1.11 bits per heavy atom. The molecule has 4 rings (SSSR count). The van der Waals surface area contributed by atoms with Crippen molar-refractivity contribution >= 4 is 22.9 Å². The highest BCUT2D eigenvalue weighted by Gasteiger charge is 2.25. The number of carbonyl (C=O) groups excluding carboxylic acids is 1. The van der Waals surface area contributed by atoms with Gasteiger partial charge in [-0.05, 0) is 31.2 Å². The Bertz CT molecular complexity index is 922. The summed E-state index contributed by atoms with van der Waals surface area (Å²) < 4.78 is 5.70. The number of aromatic nitrogens is 2. The highest BCUT2D eigenvalue weighted by Crippen LogP contribution is 2.23. The number of piperazine rings is 1. The second-order valence-corrected chi connectivity index (χ2v) is 7.70. The molecule has 3 heterocycles. The van der Waals surface area contributed by atoms with Crippen LogP contribution in [0, 0.1) is 6.92 Å². The molecule has 0 saturated carbocycles. The molecule has 0 atom stereocenters. The van der Waals surface area contributed by atoms with Crippen LogP contribution in [0.3, 0.4) is 0 Å². The van der Waals surface area contributed by atoms with Crippen molar-refractivity contribution in [2.45, 2.75) is 13.5 Å². The summed E-state index contributed by atoms with van der Waals surface area (Å²) in [6.07, 6.45) is 3.37. The van der Waals surface area contributed by atoms with Crippen LogP contribution in [0.5, 0.6) is 5.75 Å². The van der Waals surface area contributed by atoms with Gasteiger partial charge < -0.3 is 14.5 Å². The molecule has 1 amide bonds. The molecule has 6 nitrogen and oxygen atoms in total. The number of thiazole rings is 1. The van der Waals surface area contributed by atoms with Gasteiger partial charge in [0.15, 0.2) is 0 Å². The standard InChI is InChI=1S/C21H22N4O2S/c1-16-20(28-19(23-16)15-27-18-8-5-9-22-14-18)21(26)25-12-10-24(11-13-25)17-6-3-2-4-7-17/h2-9,14H,10-13,15H2,1H3. The van der Waals surface area contributed by atoms with Crippen molar-refractivity contribution in [2.24, 2.45) is 0 Å². The molecule has 2 aromatic heterocycles. The van der Waals surface area contributed by atoms with Crippen LogP contribution in [-0.2, 0) is 6.61 Å². The van der Waals surface area contributed by atoms with Crippen molar-refractivity contribution in [1.29, 1.82) is 0 Å². The maximum atomic E-state index is 13.0. The summed E-state index contributed by atoms with van der Waals surface area (Å²) in [6, 6.07) is 14.0. The van der Waals surface area contributed by atoms with Gasteiger partial charge in [-0.2, -0.15) is 0 Å². The number of benzene rings is 1. The van der Waals surface area contributed by atoms with E-state index in [1.165, 1.54) is 17.0 Å². The summed E-state index contributed by atoms with van der Waals surface area (Å²) in [5, 5.41) is 0.799. The van der Waals surface area contributed by atoms with E-state index < -0.39 is 0 Å². The molecule has 0 unspecified atom stereocenters. The van der Waals surface area contributed by atoms with Crippen LogP contribution in [0.2, 0.25) is 0 Å². The molecule has 0 radical (unpaired) electrons. The average molecular weight is 395 g/mol. The van der Waals surface area contributed by atoms with Gasteiger partial charge in [-0.15, -0.1) is 11.3 Å². The molecule has 7 heteroatoms. The molecule has 144 valence electrons. The Kier molecular flexibility index (Phi) is 5.53. The number of ether oxygens (including phenoxy) is 1. The number of aryl methyl sites for hydroxylation is 1. The second-order valence-electron chi connectivity index (χ2n) is 6.61. The fourth-order valence-corrected chi connectivity index (χ4v) is 4.19. The Morgan fingerprint density at radius 2 is 1.89 bits per heavy atom. The number of hydrogen-bond acceptors (Lipinski definition) is 6. The van der Waals surface area contributed by atoms with Gasteiger partial charge in [-0.25, -0.2) is 4.98 Å². The summed E-state index contributed by atoms with van der Waals surface area (Å²) >= 11 is 1.42. The molecule has 1 aliphatic heterocycles. The van der Waals surface area contributed by atoms with E-state index in [0.29, 0.717) is 30.3 Å². The number of hydrogen-bond donors (Lipinski definition) is 0. The largest absolute Gasteiger partial charge is 0.485 e. The average Bonchev–Trinajstić information content (AvgIpc) is 3.14. The summed E-state index contributed by atoms with van der Waals surface area (Å²) in [5.41, 5.74) is 1.98. The predicted molar refractivity (Wildman–Crippen MR) is 110 cm³/mol. The van der Waals surface area contributed by atoms with Gasteiger partial charge in [0.2, 0.25) is 0 Å². The molecular weight excluding hydrogens is 372 g/mol. The number of pyridine rings is 1. The smallest absolute Gasteiger partial charge is 0.265 e. The van der Waals surface area contributed by atoms with Gasteiger partial charge in [0.05, 0.1) is 11.9 Å². The van der Waals surface area contributed by atoms with Gasteiger partial charge in [-0.3, -0.25) is 9.78 Å². The highest BCUT2D eigenvalue weighted by atomic mass is 32.1. The topological polar surface area (TPSA) is 58.6 Å². The lowest BCUT2D eigenvalue weighted by atomic mass is 10.2. The second kappa shape index (κ2) is 8.39. The van der Waals surface area contributed by atoms with Crippen LogP contribution in [0.1, 0.15) is 20.4 Å². The van der Waals surface area contributed by atoms with E-state index in [0.717, 1.165) is 23.8 Å². The summed E-state index contributed by atoms with van der Waals surface area (Å²) in [7, 11) is 0. The van der Waals surface area contributed by atoms with Crippen LogP contribution in [0.25, 0.3) is 0 Å². The van der Waals surface area contributed by atoms with Gasteiger partial charge in [-0.1, -0.05) is 18.2 Å². The molecular formula is C21H22N4O2S. The maximum absolute atomic E-state index is 13.0. The van der Waals surface area contributed by atoms with Crippen LogP contribution in [-0.4, -0.2) is 47.0 Å².